The first-order valence-corrected chi connectivity index (χ1v) is 16.2. The molecule has 0 spiro atoms. The Hall–Kier alpha value is -4.94. The number of fused-ring (bicyclic) bond motifs is 1. The lowest BCUT2D eigenvalue weighted by molar-refractivity contribution is 0.0943. The zero-order chi connectivity index (χ0) is 33.8. The van der Waals surface area contributed by atoms with Gasteiger partial charge in [-0.1, -0.05) is 42.5 Å². The number of nitrogens with one attached hydrogen (secondary N) is 3. The predicted octanol–water partition coefficient (Wildman–Crippen LogP) is 5.46. The number of aryl methyl sites for hydroxylation is 1. The van der Waals surface area contributed by atoms with Gasteiger partial charge < -0.3 is 16.0 Å². The minimum Gasteiger partial charge on any atom is -0.353 e. The van der Waals surface area contributed by atoms with E-state index in [0.29, 0.717) is 28.9 Å². The zero-order valence-electron chi connectivity index (χ0n) is 27.4. The number of urea groups is 1. The third-order valence-electron chi connectivity index (χ3n) is 8.58. The second-order valence-corrected chi connectivity index (χ2v) is 12.5. The molecule has 12 heteroatoms. The Morgan fingerprint density at radius 2 is 1.65 bits per heavy atom. The molecule has 6 rings (SSSR count). The monoisotopic (exact) mass is 654 g/mol. The number of para-hydroxylation sites is 1. The minimum absolute atomic E-state index is 0.0332. The maximum absolute atomic E-state index is 15.1. The molecule has 1 saturated heterocycles. The average molecular weight is 655 g/mol. The van der Waals surface area contributed by atoms with Gasteiger partial charge in [-0.05, 0) is 56.2 Å². The highest BCUT2D eigenvalue weighted by Crippen LogP contribution is 2.39. The van der Waals surface area contributed by atoms with E-state index in [0.717, 1.165) is 61.9 Å². The second kappa shape index (κ2) is 14.4. The lowest BCUT2D eigenvalue weighted by atomic mass is 9.97. The molecule has 3 heterocycles. The summed E-state index contributed by atoms with van der Waals surface area (Å²) in [5.41, 5.74) is 3.62. The van der Waals surface area contributed by atoms with Crippen molar-refractivity contribution in [2.24, 2.45) is 0 Å². The van der Waals surface area contributed by atoms with Gasteiger partial charge in [0.25, 0.3) is 5.91 Å². The molecule has 1 aromatic heterocycles. The van der Waals surface area contributed by atoms with Crippen molar-refractivity contribution >= 4 is 29.4 Å². The Morgan fingerprint density at radius 1 is 0.938 bits per heavy atom. The van der Waals surface area contributed by atoms with Gasteiger partial charge in [0.1, 0.15) is 17.3 Å². The molecule has 0 atom stereocenters. The van der Waals surface area contributed by atoms with E-state index in [1.54, 1.807) is 12.1 Å². The van der Waals surface area contributed by atoms with Crippen LogP contribution in [0.15, 0.2) is 66.7 Å². The molecule has 2 aliphatic heterocycles. The number of piperazine rings is 1. The average Bonchev–Trinajstić information content (AvgIpc) is 3.06. The Balaban J connectivity index is 1.29. The molecule has 2 aliphatic rings. The molecule has 0 aliphatic carbocycles. The molecule has 3 amide bonds. The Kier molecular flexibility index (Phi) is 9.93. The molecule has 3 aromatic carbocycles. The van der Waals surface area contributed by atoms with Gasteiger partial charge in [-0.3, -0.25) is 14.6 Å². The van der Waals surface area contributed by atoms with Gasteiger partial charge in [-0.15, -0.1) is 0 Å². The highest BCUT2D eigenvalue weighted by molar-refractivity contribution is 6.02. The third-order valence-corrected chi connectivity index (χ3v) is 8.58. The number of halogens is 2. The lowest BCUT2D eigenvalue weighted by Gasteiger charge is -2.34. The molecular formula is C36H40F2N8O2. The number of hydrogen-bond acceptors (Lipinski definition) is 7. The Morgan fingerprint density at radius 3 is 2.35 bits per heavy atom. The maximum Gasteiger partial charge on any atom is 0.328 e. The Labute approximate surface area is 279 Å². The van der Waals surface area contributed by atoms with E-state index in [4.69, 9.17) is 4.98 Å². The van der Waals surface area contributed by atoms with Crippen LogP contribution in [0, 0.1) is 18.6 Å². The highest BCUT2D eigenvalue weighted by Gasteiger charge is 2.34. The molecule has 1 fully saturated rings. The van der Waals surface area contributed by atoms with Crippen LogP contribution in [0.5, 0.6) is 0 Å². The van der Waals surface area contributed by atoms with Crippen LogP contribution in [-0.4, -0.2) is 77.0 Å². The number of amides is 3. The summed E-state index contributed by atoms with van der Waals surface area (Å²) in [6.45, 7) is 11.6. The normalized spacial score (nSPS) is 15.3. The van der Waals surface area contributed by atoms with E-state index in [1.165, 1.54) is 11.6 Å². The zero-order valence-corrected chi connectivity index (χ0v) is 27.4. The molecule has 0 radical (unpaired) electrons. The van der Waals surface area contributed by atoms with Crippen molar-refractivity contribution in [1.29, 1.82) is 0 Å². The van der Waals surface area contributed by atoms with Gasteiger partial charge in [0.15, 0.2) is 5.82 Å². The van der Waals surface area contributed by atoms with Crippen molar-refractivity contribution in [2.75, 3.05) is 49.5 Å². The first-order valence-electron chi connectivity index (χ1n) is 16.2. The summed E-state index contributed by atoms with van der Waals surface area (Å²) >= 11 is 0. The van der Waals surface area contributed by atoms with Crippen molar-refractivity contribution in [3.63, 3.8) is 0 Å². The van der Waals surface area contributed by atoms with Crippen molar-refractivity contribution < 1.29 is 18.4 Å². The Bertz CT molecular complexity index is 1770. The lowest BCUT2D eigenvalue weighted by Crippen LogP contribution is -2.47. The van der Waals surface area contributed by atoms with Crippen LogP contribution >= 0.6 is 0 Å². The van der Waals surface area contributed by atoms with Gasteiger partial charge in [0, 0.05) is 68.5 Å². The number of hydrogen-bond donors (Lipinski definition) is 3. The van der Waals surface area contributed by atoms with Crippen LogP contribution in [0.3, 0.4) is 0 Å². The summed E-state index contributed by atoms with van der Waals surface area (Å²) < 4.78 is 30.2. The van der Waals surface area contributed by atoms with E-state index in [1.807, 2.05) is 32.9 Å². The molecule has 0 unspecified atom stereocenters. The van der Waals surface area contributed by atoms with Crippen LogP contribution in [0.1, 0.15) is 40.9 Å². The maximum atomic E-state index is 15.1. The van der Waals surface area contributed by atoms with Crippen LogP contribution in [0.2, 0.25) is 0 Å². The molecule has 0 bridgehead atoms. The van der Waals surface area contributed by atoms with E-state index in [9.17, 15) is 9.59 Å². The summed E-state index contributed by atoms with van der Waals surface area (Å²) in [6, 6.07) is 18.4. The fourth-order valence-electron chi connectivity index (χ4n) is 6.07. The molecule has 0 saturated carbocycles. The van der Waals surface area contributed by atoms with E-state index in [2.05, 4.69) is 55.0 Å². The summed E-state index contributed by atoms with van der Waals surface area (Å²) in [7, 11) is 0. The van der Waals surface area contributed by atoms with Crippen LogP contribution in [0.4, 0.5) is 31.0 Å². The summed E-state index contributed by atoms with van der Waals surface area (Å²) in [5.74, 6) is -1.76. The summed E-state index contributed by atoms with van der Waals surface area (Å²) in [4.78, 5) is 41.5. The van der Waals surface area contributed by atoms with Crippen molar-refractivity contribution in [3.8, 4) is 11.3 Å². The fraction of sp³-hybridized carbons (Fsp3) is 0.333. The van der Waals surface area contributed by atoms with Crippen LogP contribution in [-0.2, 0) is 13.1 Å². The van der Waals surface area contributed by atoms with Gasteiger partial charge >= 0.3 is 6.03 Å². The SMILES string of the molecule is Cc1ccc(C(=O)NC(C)C)cc1-c1nc(NCCN2CCN(Cc3ccccc3)CC2)nc2c1CNC(=O)N2c1c(F)cccc1F. The van der Waals surface area contributed by atoms with Gasteiger partial charge in [-0.2, -0.15) is 4.98 Å². The smallest absolute Gasteiger partial charge is 0.328 e. The van der Waals surface area contributed by atoms with E-state index < -0.39 is 23.4 Å². The number of nitrogens with zero attached hydrogens (tertiary/aromatic N) is 5. The topological polar surface area (TPSA) is 106 Å². The van der Waals surface area contributed by atoms with Crippen molar-refractivity contribution in [2.45, 2.75) is 39.9 Å². The van der Waals surface area contributed by atoms with Gasteiger partial charge in [0.05, 0.1) is 12.2 Å². The number of carbonyl (C=O) groups excluding carboxylic acids is 2. The largest absolute Gasteiger partial charge is 0.353 e. The summed E-state index contributed by atoms with van der Waals surface area (Å²) in [5, 5.41) is 8.93. The number of benzene rings is 3. The second-order valence-electron chi connectivity index (χ2n) is 12.5. The fourth-order valence-corrected chi connectivity index (χ4v) is 6.07. The van der Waals surface area contributed by atoms with E-state index >= 15 is 8.78 Å². The highest BCUT2D eigenvalue weighted by atomic mass is 19.1. The number of rotatable bonds is 10. The molecule has 48 heavy (non-hydrogen) atoms. The first kappa shape index (κ1) is 33.0. The number of aromatic nitrogens is 2. The predicted molar refractivity (Wildman–Crippen MR) is 182 cm³/mol. The molecule has 4 aromatic rings. The number of anilines is 3. The molecular weight excluding hydrogens is 614 g/mol. The van der Waals surface area contributed by atoms with Crippen LogP contribution in [0.25, 0.3) is 11.3 Å². The molecule has 10 nitrogen and oxygen atoms in total. The first-order chi connectivity index (χ1) is 23.2. The minimum atomic E-state index is -0.900. The summed E-state index contributed by atoms with van der Waals surface area (Å²) in [6.07, 6.45) is 0. The molecule has 3 N–H and O–H groups in total. The van der Waals surface area contributed by atoms with Crippen molar-refractivity contribution in [1.82, 2.24) is 30.4 Å². The van der Waals surface area contributed by atoms with Gasteiger partial charge in [0.2, 0.25) is 5.95 Å². The van der Waals surface area contributed by atoms with Gasteiger partial charge in [-0.25, -0.2) is 23.5 Å². The third kappa shape index (κ3) is 7.29. The standard InChI is InChI=1S/C36H40F2N8O2/c1-23(2)41-34(47)26-13-12-24(3)27(20-26)31-28-21-40-36(48)46(32-29(37)10-7-11-30(32)38)33(28)43-35(42-31)39-14-15-44-16-18-45(19-17-44)22-25-8-5-4-6-9-25/h4-13,20,23H,14-19,21-22H2,1-3H3,(H,40,48)(H,41,47)(H,39,42,43). The van der Waals surface area contributed by atoms with Crippen molar-refractivity contribution in [3.05, 3.63) is 101 Å². The number of carbonyl (C=O) groups is 2. The van der Waals surface area contributed by atoms with Crippen LogP contribution < -0.4 is 20.9 Å². The molecule has 250 valence electrons. The quantitative estimate of drug-likeness (QED) is 0.209. The van der Waals surface area contributed by atoms with E-state index in [-0.39, 0.29) is 30.3 Å².